The molecule has 1 spiro atoms. The minimum Gasteiger partial charge on any atom is -0.366 e. The smallest absolute Gasteiger partial charge is 0.261 e. The van der Waals surface area contributed by atoms with Crippen molar-refractivity contribution in [3.05, 3.63) is 108 Å². The van der Waals surface area contributed by atoms with E-state index < -0.39 is 17.6 Å². The average molecular weight is 640 g/mol. The SMILES string of the molecule is NC(=O)[C@H]1N(CC(=O)NCCc2c[nH]c3ccccc23)C(=O)C2(CCN(C(=O)[CH]Cc3ccc(Cl)cc3)CC2)N1c1ccccc1. The molecule has 0 bridgehead atoms. The van der Waals surface area contributed by atoms with E-state index in [0.717, 1.165) is 22.0 Å². The zero-order chi connectivity index (χ0) is 32.3. The second-order valence-electron chi connectivity index (χ2n) is 11.8. The van der Waals surface area contributed by atoms with Gasteiger partial charge in [0, 0.05) is 47.4 Å². The summed E-state index contributed by atoms with van der Waals surface area (Å²) in [7, 11) is 0. The molecule has 1 aromatic heterocycles. The molecule has 4 amide bonds. The number of H-pyrrole nitrogens is 1. The molecular formula is C35H36ClN6O4. The second kappa shape index (κ2) is 13.3. The molecule has 237 valence electrons. The van der Waals surface area contributed by atoms with Crippen LogP contribution in [0.3, 0.4) is 0 Å². The van der Waals surface area contributed by atoms with E-state index in [1.54, 1.807) is 28.4 Å². The van der Waals surface area contributed by atoms with Crippen molar-refractivity contribution in [3.8, 4) is 0 Å². The monoisotopic (exact) mass is 639 g/mol. The van der Waals surface area contributed by atoms with Gasteiger partial charge in [0.05, 0.1) is 6.42 Å². The van der Waals surface area contributed by atoms with Gasteiger partial charge in [0.25, 0.3) is 11.8 Å². The van der Waals surface area contributed by atoms with E-state index in [1.165, 1.54) is 4.90 Å². The van der Waals surface area contributed by atoms with Crippen LogP contribution in [0.2, 0.25) is 5.02 Å². The largest absolute Gasteiger partial charge is 0.366 e. The fraction of sp³-hybridized carbons (Fsp3) is 0.286. The topological polar surface area (TPSA) is 132 Å². The molecule has 1 atom stereocenters. The Labute approximate surface area is 272 Å². The number of halogens is 1. The number of carbonyl (C=O) groups excluding carboxylic acids is 4. The number of hydrogen-bond donors (Lipinski definition) is 3. The van der Waals surface area contributed by atoms with Gasteiger partial charge < -0.3 is 30.7 Å². The van der Waals surface area contributed by atoms with Gasteiger partial charge >= 0.3 is 0 Å². The van der Waals surface area contributed by atoms with E-state index in [2.05, 4.69) is 10.3 Å². The van der Waals surface area contributed by atoms with E-state index >= 15 is 0 Å². The van der Waals surface area contributed by atoms with Crippen LogP contribution in [-0.2, 0) is 32.0 Å². The molecule has 4 N–H and O–H groups in total. The Morgan fingerprint density at radius 1 is 0.978 bits per heavy atom. The third-order valence-electron chi connectivity index (χ3n) is 8.98. The fourth-order valence-corrected chi connectivity index (χ4v) is 6.79. The van der Waals surface area contributed by atoms with Gasteiger partial charge in [-0.2, -0.15) is 0 Å². The predicted octanol–water partition coefficient (Wildman–Crippen LogP) is 3.45. The molecule has 1 radical (unpaired) electrons. The highest BCUT2D eigenvalue weighted by molar-refractivity contribution is 6.30. The highest BCUT2D eigenvalue weighted by Gasteiger charge is 2.60. The molecular weight excluding hydrogens is 604 g/mol. The normalized spacial score (nSPS) is 17.5. The Morgan fingerprint density at radius 2 is 1.67 bits per heavy atom. The van der Waals surface area contributed by atoms with Gasteiger partial charge in [-0.1, -0.05) is 60.1 Å². The van der Waals surface area contributed by atoms with Crippen molar-refractivity contribution in [2.24, 2.45) is 5.73 Å². The summed E-state index contributed by atoms with van der Waals surface area (Å²) < 4.78 is 0. The highest BCUT2D eigenvalue weighted by Crippen LogP contribution is 2.42. The first-order valence-corrected chi connectivity index (χ1v) is 15.8. The maximum Gasteiger partial charge on any atom is 0.261 e. The van der Waals surface area contributed by atoms with E-state index in [0.29, 0.717) is 43.2 Å². The number of carbonyl (C=O) groups is 4. The van der Waals surface area contributed by atoms with Crippen molar-refractivity contribution in [1.29, 1.82) is 0 Å². The van der Waals surface area contributed by atoms with Gasteiger partial charge in [0.15, 0.2) is 6.17 Å². The van der Waals surface area contributed by atoms with Crippen LogP contribution in [0.4, 0.5) is 5.69 Å². The van der Waals surface area contributed by atoms with Crippen molar-refractivity contribution in [2.75, 3.05) is 31.1 Å². The van der Waals surface area contributed by atoms with Crippen molar-refractivity contribution >= 4 is 51.8 Å². The number of piperidine rings is 1. The number of rotatable bonds is 10. The van der Waals surface area contributed by atoms with Crippen LogP contribution in [-0.4, -0.2) is 76.3 Å². The number of amides is 4. The number of hydrogen-bond acceptors (Lipinski definition) is 5. The fourth-order valence-electron chi connectivity index (χ4n) is 6.66. The summed E-state index contributed by atoms with van der Waals surface area (Å²) in [5, 5.41) is 4.63. The van der Waals surface area contributed by atoms with Crippen LogP contribution < -0.4 is 16.0 Å². The number of anilines is 1. The van der Waals surface area contributed by atoms with Gasteiger partial charge in [-0.05, 0) is 67.1 Å². The summed E-state index contributed by atoms with van der Waals surface area (Å²) in [4.78, 5) is 61.7. The minimum atomic E-state index is -1.16. The minimum absolute atomic E-state index is 0.126. The quantitative estimate of drug-likeness (QED) is 0.245. The standard InChI is InChI=1S/C35H36ClN6O4/c36-26-13-10-24(11-14-26)12-15-31(44)40-20-17-35(18-21-40)34(46)41(33(32(37)45)42(35)27-6-2-1-3-7-27)23-30(43)38-19-16-25-22-39-29-9-5-4-8-28(25)29/h1-11,13-15,22,33,39H,12,16-21,23H2,(H2,37,45)(H,38,43)/t33-/m0/s1. The number of nitrogens with two attached hydrogens (primary N) is 1. The summed E-state index contributed by atoms with van der Waals surface area (Å²) in [5.74, 6) is -1.58. The van der Waals surface area contributed by atoms with Crippen LogP contribution in [0.1, 0.15) is 24.0 Å². The molecule has 2 aliphatic heterocycles. The Morgan fingerprint density at radius 3 is 2.39 bits per heavy atom. The molecule has 46 heavy (non-hydrogen) atoms. The van der Waals surface area contributed by atoms with Crippen LogP contribution in [0.25, 0.3) is 10.9 Å². The number of para-hydroxylation sites is 2. The number of benzene rings is 3. The maximum atomic E-state index is 14.3. The molecule has 0 saturated carbocycles. The molecule has 2 fully saturated rings. The van der Waals surface area contributed by atoms with Crippen LogP contribution >= 0.6 is 11.6 Å². The van der Waals surface area contributed by atoms with Crippen LogP contribution in [0.15, 0.2) is 85.1 Å². The van der Waals surface area contributed by atoms with E-state index in [4.69, 9.17) is 17.3 Å². The van der Waals surface area contributed by atoms with Gasteiger partial charge in [-0.15, -0.1) is 0 Å². The number of aromatic nitrogens is 1. The van der Waals surface area contributed by atoms with Crippen molar-refractivity contribution < 1.29 is 19.2 Å². The van der Waals surface area contributed by atoms with E-state index in [1.807, 2.05) is 72.9 Å². The lowest BCUT2D eigenvalue weighted by molar-refractivity contribution is -0.141. The molecule has 2 aliphatic rings. The average Bonchev–Trinajstić information content (AvgIpc) is 3.58. The van der Waals surface area contributed by atoms with E-state index in [9.17, 15) is 19.2 Å². The van der Waals surface area contributed by atoms with E-state index in [-0.39, 0.29) is 37.1 Å². The number of likely N-dealkylation sites (tertiary alicyclic amines) is 1. The summed E-state index contributed by atoms with van der Waals surface area (Å²) in [6.07, 6.45) is 4.02. The van der Waals surface area contributed by atoms with Crippen molar-refractivity contribution in [3.63, 3.8) is 0 Å². The number of aromatic amines is 1. The molecule has 0 unspecified atom stereocenters. The first-order valence-electron chi connectivity index (χ1n) is 15.4. The lowest BCUT2D eigenvalue weighted by Gasteiger charge is -2.44. The third-order valence-corrected chi connectivity index (χ3v) is 9.23. The zero-order valence-corrected chi connectivity index (χ0v) is 26.1. The first kappa shape index (κ1) is 31.2. The van der Waals surface area contributed by atoms with Gasteiger partial charge in [-0.25, -0.2) is 0 Å². The number of nitrogens with one attached hydrogen (secondary N) is 2. The second-order valence-corrected chi connectivity index (χ2v) is 12.2. The lowest BCUT2D eigenvalue weighted by atomic mass is 9.85. The Bertz CT molecular complexity index is 1730. The van der Waals surface area contributed by atoms with Gasteiger partial charge in [0.1, 0.15) is 12.1 Å². The number of fused-ring (bicyclic) bond motifs is 1. The predicted molar refractivity (Wildman–Crippen MR) is 177 cm³/mol. The number of nitrogens with zero attached hydrogens (tertiary/aromatic N) is 3. The maximum absolute atomic E-state index is 14.3. The van der Waals surface area contributed by atoms with Crippen LogP contribution in [0, 0.1) is 6.42 Å². The molecule has 2 saturated heterocycles. The molecule has 10 nitrogen and oxygen atoms in total. The Balaban J connectivity index is 1.16. The van der Waals surface area contributed by atoms with Crippen molar-refractivity contribution in [2.45, 2.75) is 37.4 Å². The Kier molecular flexibility index (Phi) is 8.99. The van der Waals surface area contributed by atoms with Gasteiger partial charge in [0.2, 0.25) is 11.8 Å². The van der Waals surface area contributed by atoms with Gasteiger partial charge in [-0.3, -0.25) is 19.2 Å². The Hall–Kier alpha value is -4.83. The molecule has 3 heterocycles. The molecule has 11 heteroatoms. The number of primary amides is 1. The first-order chi connectivity index (χ1) is 22.3. The molecule has 6 rings (SSSR count). The van der Waals surface area contributed by atoms with Crippen molar-refractivity contribution in [1.82, 2.24) is 20.1 Å². The third kappa shape index (κ3) is 6.17. The highest BCUT2D eigenvalue weighted by atomic mass is 35.5. The molecule has 3 aromatic carbocycles. The molecule has 0 aliphatic carbocycles. The summed E-state index contributed by atoms with van der Waals surface area (Å²) in [5.41, 5.74) is 8.52. The molecule has 4 aromatic rings. The lowest BCUT2D eigenvalue weighted by Crippen LogP contribution is -2.59. The van der Waals surface area contributed by atoms with Crippen LogP contribution in [0.5, 0.6) is 0 Å². The summed E-state index contributed by atoms with van der Waals surface area (Å²) in [6, 6.07) is 24.4. The zero-order valence-electron chi connectivity index (χ0n) is 25.3. The summed E-state index contributed by atoms with van der Waals surface area (Å²) in [6.45, 7) is 0.659. The summed E-state index contributed by atoms with van der Waals surface area (Å²) >= 11 is 5.98.